The maximum Gasteiger partial charge on any atom is 0.327 e. The second kappa shape index (κ2) is 5.79. The van der Waals surface area contributed by atoms with Crippen molar-refractivity contribution < 1.29 is 19.4 Å². The first-order valence-electron chi connectivity index (χ1n) is 6.03. The molecule has 0 saturated carbocycles. The summed E-state index contributed by atoms with van der Waals surface area (Å²) < 4.78 is 5.26. The van der Waals surface area contributed by atoms with Gasteiger partial charge in [-0.05, 0) is 12.8 Å². The van der Waals surface area contributed by atoms with Crippen LogP contribution in [0.1, 0.15) is 12.8 Å². The third-order valence-electron chi connectivity index (χ3n) is 3.45. The first-order valence-corrected chi connectivity index (χ1v) is 7.18. The number of carboxylic acid groups (broad SMARTS) is 1. The van der Waals surface area contributed by atoms with Crippen molar-refractivity contribution in [3.63, 3.8) is 0 Å². The van der Waals surface area contributed by atoms with Gasteiger partial charge in [0, 0.05) is 32.1 Å². The average molecular weight is 274 g/mol. The van der Waals surface area contributed by atoms with Crippen LogP contribution in [0.25, 0.3) is 0 Å². The van der Waals surface area contributed by atoms with E-state index in [0.29, 0.717) is 24.8 Å². The van der Waals surface area contributed by atoms with E-state index < -0.39 is 12.0 Å². The molecular weight excluding hydrogens is 256 g/mol. The molecule has 0 spiro atoms. The van der Waals surface area contributed by atoms with Crippen LogP contribution in [0.2, 0.25) is 0 Å². The summed E-state index contributed by atoms with van der Waals surface area (Å²) in [6, 6.07) is -0.713. The van der Waals surface area contributed by atoms with Crippen LogP contribution < -0.4 is 0 Å². The van der Waals surface area contributed by atoms with Crippen LogP contribution in [0.15, 0.2) is 0 Å². The van der Waals surface area contributed by atoms with Gasteiger partial charge in [0.25, 0.3) is 0 Å². The molecule has 2 aliphatic heterocycles. The Kier molecular flexibility index (Phi) is 4.34. The summed E-state index contributed by atoms with van der Waals surface area (Å²) in [6.07, 6.45) is 1.64. The largest absolute Gasteiger partial charge is 0.480 e. The summed E-state index contributed by atoms with van der Waals surface area (Å²) in [5, 5.41) is 9.08. The molecule has 102 valence electrons. The van der Waals surface area contributed by atoms with Crippen molar-refractivity contribution >= 4 is 23.8 Å². The zero-order valence-electron chi connectivity index (χ0n) is 10.4. The van der Waals surface area contributed by atoms with Crippen molar-refractivity contribution in [2.24, 2.45) is 0 Å². The molecule has 0 aromatic rings. The summed E-state index contributed by atoms with van der Waals surface area (Å²) in [6.45, 7) is 1.33. The van der Waals surface area contributed by atoms with Crippen LogP contribution in [-0.2, 0) is 9.53 Å². The molecule has 18 heavy (non-hydrogen) atoms. The SMILES string of the molecule is CN(C(=O)N1CSCC1C(=O)O)C1CCOCC1. The van der Waals surface area contributed by atoms with Crippen LogP contribution in [-0.4, -0.2) is 70.9 Å². The van der Waals surface area contributed by atoms with Crippen molar-refractivity contribution in [2.45, 2.75) is 24.9 Å². The first kappa shape index (κ1) is 13.5. The number of aliphatic carboxylic acids is 1. The quantitative estimate of drug-likeness (QED) is 0.801. The van der Waals surface area contributed by atoms with Crippen LogP contribution in [0.4, 0.5) is 4.79 Å². The standard InChI is InChI=1S/C11H18N2O4S/c1-12(8-2-4-17-5-3-8)11(16)13-7-18-6-9(13)10(14)15/h8-9H,2-7H2,1H3,(H,14,15). The predicted octanol–water partition coefficient (Wildman–Crippen LogP) is 0.677. The van der Waals surface area contributed by atoms with Gasteiger partial charge in [0.15, 0.2) is 0 Å². The van der Waals surface area contributed by atoms with Crippen molar-refractivity contribution in [3.8, 4) is 0 Å². The summed E-state index contributed by atoms with van der Waals surface area (Å²) in [7, 11) is 1.75. The molecule has 0 aromatic heterocycles. The molecule has 1 unspecified atom stereocenters. The number of hydrogen-bond donors (Lipinski definition) is 1. The number of carboxylic acids is 1. The van der Waals surface area contributed by atoms with E-state index in [4.69, 9.17) is 9.84 Å². The lowest BCUT2D eigenvalue weighted by Crippen LogP contribution is -2.51. The number of rotatable bonds is 2. The summed E-state index contributed by atoms with van der Waals surface area (Å²) in [5.41, 5.74) is 0. The number of amides is 2. The lowest BCUT2D eigenvalue weighted by Gasteiger charge is -2.34. The summed E-state index contributed by atoms with van der Waals surface area (Å²) in [5.74, 6) is 0.0141. The molecule has 1 N–H and O–H groups in total. The molecule has 2 rings (SSSR count). The molecule has 0 aromatic carbocycles. The predicted molar refractivity (Wildman–Crippen MR) is 67.6 cm³/mol. The Hall–Kier alpha value is -0.950. The number of carbonyl (C=O) groups is 2. The van der Waals surface area contributed by atoms with Gasteiger partial charge in [-0.25, -0.2) is 9.59 Å². The van der Waals surface area contributed by atoms with Crippen molar-refractivity contribution in [1.29, 1.82) is 0 Å². The van der Waals surface area contributed by atoms with E-state index in [-0.39, 0.29) is 12.1 Å². The van der Waals surface area contributed by atoms with Crippen molar-refractivity contribution in [2.75, 3.05) is 31.9 Å². The molecule has 1 atom stereocenters. The Balaban J connectivity index is 1.99. The molecule has 2 amide bonds. The molecular formula is C11H18N2O4S. The number of hydrogen-bond acceptors (Lipinski definition) is 4. The fourth-order valence-corrected chi connectivity index (χ4v) is 3.41. The molecule has 2 saturated heterocycles. The highest BCUT2D eigenvalue weighted by Gasteiger charge is 2.37. The zero-order chi connectivity index (χ0) is 13.1. The zero-order valence-corrected chi connectivity index (χ0v) is 11.2. The smallest absolute Gasteiger partial charge is 0.327 e. The van der Waals surface area contributed by atoms with Gasteiger partial charge in [-0.2, -0.15) is 0 Å². The summed E-state index contributed by atoms with van der Waals surface area (Å²) >= 11 is 1.48. The minimum Gasteiger partial charge on any atom is -0.480 e. The van der Waals surface area contributed by atoms with Gasteiger partial charge in [0.1, 0.15) is 6.04 Å². The van der Waals surface area contributed by atoms with Gasteiger partial charge >= 0.3 is 12.0 Å². The molecule has 7 heteroatoms. The molecule has 0 radical (unpaired) electrons. The van der Waals surface area contributed by atoms with E-state index in [1.165, 1.54) is 16.7 Å². The van der Waals surface area contributed by atoms with Gasteiger partial charge in [0.2, 0.25) is 0 Å². The van der Waals surface area contributed by atoms with Gasteiger partial charge in [-0.3, -0.25) is 0 Å². The maximum absolute atomic E-state index is 12.3. The highest BCUT2D eigenvalue weighted by Crippen LogP contribution is 2.24. The monoisotopic (exact) mass is 274 g/mol. The van der Waals surface area contributed by atoms with E-state index >= 15 is 0 Å². The summed E-state index contributed by atoms with van der Waals surface area (Å²) in [4.78, 5) is 26.5. The number of ether oxygens (including phenoxy) is 1. The number of carbonyl (C=O) groups excluding carboxylic acids is 1. The Morgan fingerprint density at radius 3 is 2.67 bits per heavy atom. The number of urea groups is 1. The minimum absolute atomic E-state index is 0.159. The van der Waals surface area contributed by atoms with Gasteiger partial charge in [0.05, 0.1) is 5.88 Å². The lowest BCUT2D eigenvalue weighted by molar-refractivity contribution is -0.141. The molecule has 2 fully saturated rings. The van der Waals surface area contributed by atoms with Crippen LogP contribution >= 0.6 is 11.8 Å². The molecule has 2 heterocycles. The third-order valence-corrected chi connectivity index (χ3v) is 4.47. The fraction of sp³-hybridized carbons (Fsp3) is 0.818. The second-order valence-corrected chi connectivity index (χ2v) is 5.56. The number of thioether (sulfide) groups is 1. The Labute approximate surface area is 110 Å². The Bertz CT molecular complexity index is 333. The highest BCUT2D eigenvalue weighted by atomic mass is 32.2. The van der Waals surface area contributed by atoms with E-state index in [1.807, 2.05) is 0 Å². The normalized spacial score (nSPS) is 25.2. The van der Waals surface area contributed by atoms with E-state index in [9.17, 15) is 9.59 Å². The van der Waals surface area contributed by atoms with E-state index in [1.54, 1.807) is 11.9 Å². The van der Waals surface area contributed by atoms with Crippen LogP contribution in [0.3, 0.4) is 0 Å². The van der Waals surface area contributed by atoms with Gasteiger partial charge in [-0.15, -0.1) is 11.8 Å². The van der Waals surface area contributed by atoms with Crippen LogP contribution in [0.5, 0.6) is 0 Å². The minimum atomic E-state index is -0.922. The van der Waals surface area contributed by atoms with E-state index in [0.717, 1.165) is 12.8 Å². The Morgan fingerprint density at radius 1 is 1.39 bits per heavy atom. The number of nitrogens with zero attached hydrogens (tertiary/aromatic N) is 2. The first-order chi connectivity index (χ1) is 8.61. The van der Waals surface area contributed by atoms with Crippen LogP contribution in [0, 0.1) is 0 Å². The highest BCUT2D eigenvalue weighted by molar-refractivity contribution is 7.99. The average Bonchev–Trinajstić information content (AvgIpc) is 2.87. The third kappa shape index (κ3) is 2.72. The Morgan fingerprint density at radius 2 is 2.06 bits per heavy atom. The van der Waals surface area contributed by atoms with Gasteiger partial charge in [-0.1, -0.05) is 0 Å². The molecule has 2 aliphatic rings. The van der Waals surface area contributed by atoms with Crippen molar-refractivity contribution in [1.82, 2.24) is 9.80 Å². The van der Waals surface area contributed by atoms with Gasteiger partial charge < -0.3 is 19.6 Å². The fourth-order valence-electron chi connectivity index (χ4n) is 2.27. The molecule has 6 nitrogen and oxygen atoms in total. The lowest BCUT2D eigenvalue weighted by atomic mass is 10.1. The molecule has 0 bridgehead atoms. The molecule has 0 aliphatic carbocycles. The topological polar surface area (TPSA) is 70.1 Å². The maximum atomic E-state index is 12.3. The van der Waals surface area contributed by atoms with Crippen molar-refractivity contribution in [3.05, 3.63) is 0 Å². The second-order valence-electron chi connectivity index (χ2n) is 4.56. The van der Waals surface area contributed by atoms with E-state index in [2.05, 4.69) is 0 Å².